The van der Waals surface area contributed by atoms with Gasteiger partial charge >= 0.3 is 0 Å². The molecule has 7 nitrogen and oxygen atoms in total. The Morgan fingerprint density at radius 1 is 1.04 bits per heavy atom. The van der Waals surface area contributed by atoms with Gasteiger partial charge in [-0.25, -0.2) is 4.98 Å². The molecule has 0 bridgehead atoms. The van der Waals surface area contributed by atoms with Crippen LogP contribution in [0.25, 0.3) is 0 Å². The predicted octanol–water partition coefficient (Wildman–Crippen LogP) is 2.74. The number of hydrogen-bond acceptors (Lipinski definition) is 5. The highest BCUT2D eigenvalue weighted by Crippen LogP contribution is 2.15. The van der Waals surface area contributed by atoms with E-state index >= 15 is 0 Å². The number of pyridine rings is 1. The molecule has 1 aromatic heterocycles. The summed E-state index contributed by atoms with van der Waals surface area (Å²) < 4.78 is 4.98. The van der Waals surface area contributed by atoms with Gasteiger partial charge in [-0.05, 0) is 42.8 Å². The maximum Gasteiger partial charge on any atom is 0.257 e. The smallest absolute Gasteiger partial charge is 0.257 e. The number of nitrogens with one attached hydrogen (secondary N) is 3. The highest BCUT2D eigenvalue weighted by atomic mass is 16.5. The monoisotopic (exact) mass is 342 g/mol. The lowest BCUT2D eigenvalue weighted by atomic mass is 10.2. The number of rotatable bonds is 8. The van der Waals surface area contributed by atoms with Gasteiger partial charge in [-0.15, -0.1) is 0 Å². The van der Waals surface area contributed by atoms with Crippen LogP contribution in [0, 0.1) is 0 Å². The molecule has 0 saturated carbocycles. The number of benzene rings is 1. The van der Waals surface area contributed by atoms with Crippen molar-refractivity contribution in [2.45, 2.75) is 13.3 Å². The minimum Gasteiger partial charge on any atom is -0.385 e. The van der Waals surface area contributed by atoms with Gasteiger partial charge in [-0.3, -0.25) is 9.59 Å². The molecule has 3 N–H and O–H groups in total. The Balaban J connectivity index is 1.88. The molecular weight excluding hydrogens is 320 g/mol. The molecule has 1 heterocycles. The number of nitrogens with zero attached hydrogens (tertiary/aromatic N) is 1. The van der Waals surface area contributed by atoms with Crippen LogP contribution in [0.15, 0.2) is 42.6 Å². The summed E-state index contributed by atoms with van der Waals surface area (Å²) in [6.07, 6.45) is 2.41. The van der Waals surface area contributed by atoms with E-state index in [1.807, 2.05) is 0 Å². The van der Waals surface area contributed by atoms with Crippen molar-refractivity contribution in [2.24, 2.45) is 0 Å². The molecule has 2 aromatic rings. The first kappa shape index (κ1) is 18.4. The standard InChI is InChI=1S/C18H22N4O3/c1-13(23)21-15-5-7-16(8-6-15)22-18(24)14-4-9-17(20-12-14)19-10-3-11-25-2/h4-9,12H,3,10-11H2,1-2H3,(H,19,20)(H,21,23)(H,22,24). The lowest BCUT2D eigenvalue weighted by Gasteiger charge is -2.08. The van der Waals surface area contributed by atoms with Crippen LogP contribution in [0.4, 0.5) is 17.2 Å². The zero-order valence-corrected chi connectivity index (χ0v) is 14.3. The van der Waals surface area contributed by atoms with Crippen molar-refractivity contribution < 1.29 is 14.3 Å². The van der Waals surface area contributed by atoms with Gasteiger partial charge in [0.2, 0.25) is 5.91 Å². The summed E-state index contributed by atoms with van der Waals surface area (Å²) in [6, 6.07) is 10.4. The number of ether oxygens (including phenoxy) is 1. The average molecular weight is 342 g/mol. The Bertz CT molecular complexity index is 699. The van der Waals surface area contributed by atoms with Crippen LogP contribution < -0.4 is 16.0 Å². The van der Waals surface area contributed by atoms with Gasteiger partial charge in [0.25, 0.3) is 5.91 Å². The number of hydrogen-bond donors (Lipinski definition) is 3. The summed E-state index contributed by atoms with van der Waals surface area (Å²) in [5, 5.41) is 8.62. The van der Waals surface area contributed by atoms with E-state index in [0.717, 1.165) is 13.0 Å². The molecule has 0 atom stereocenters. The Morgan fingerprint density at radius 2 is 1.72 bits per heavy atom. The van der Waals surface area contributed by atoms with E-state index in [4.69, 9.17) is 4.74 Å². The van der Waals surface area contributed by atoms with Crippen molar-refractivity contribution in [1.82, 2.24) is 4.98 Å². The van der Waals surface area contributed by atoms with Crippen molar-refractivity contribution in [3.05, 3.63) is 48.2 Å². The molecule has 0 unspecified atom stereocenters. The van der Waals surface area contributed by atoms with E-state index < -0.39 is 0 Å². The third-order valence-electron chi connectivity index (χ3n) is 3.32. The van der Waals surface area contributed by atoms with Gasteiger partial charge in [0.1, 0.15) is 5.82 Å². The van der Waals surface area contributed by atoms with E-state index in [1.54, 1.807) is 43.5 Å². The maximum atomic E-state index is 12.2. The Kier molecular flexibility index (Phi) is 6.91. The molecule has 7 heteroatoms. The van der Waals surface area contributed by atoms with Crippen molar-refractivity contribution >= 4 is 29.0 Å². The minimum absolute atomic E-state index is 0.140. The van der Waals surface area contributed by atoms with Gasteiger partial charge in [0.15, 0.2) is 0 Å². The SMILES string of the molecule is COCCCNc1ccc(C(=O)Nc2ccc(NC(C)=O)cc2)cn1. The molecule has 2 amide bonds. The van der Waals surface area contributed by atoms with E-state index in [0.29, 0.717) is 29.4 Å². The van der Waals surface area contributed by atoms with Crippen LogP contribution in [0.5, 0.6) is 0 Å². The second kappa shape index (κ2) is 9.39. The van der Waals surface area contributed by atoms with Gasteiger partial charge in [0.05, 0.1) is 5.56 Å². The number of anilines is 3. The molecule has 0 aliphatic rings. The topological polar surface area (TPSA) is 92.4 Å². The molecule has 25 heavy (non-hydrogen) atoms. The summed E-state index contributed by atoms with van der Waals surface area (Å²) >= 11 is 0. The Hall–Kier alpha value is -2.93. The Labute approximate surface area is 146 Å². The number of carbonyl (C=O) groups is 2. The van der Waals surface area contributed by atoms with E-state index in [2.05, 4.69) is 20.9 Å². The molecular formula is C18H22N4O3. The quantitative estimate of drug-likeness (QED) is 0.642. The summed E-state index contributed by atoms with van der Waals surface area (Å²) in [4.78, 5) is 27.4. The van der Waals surface area contributed by atoms with Crippen molar-refractivity contribution in [1.29, 1.82) is 0 Å². The first-order valence-electron chi connectivity index (χ1n) is 7.96. The van der Waals surface area contributed by atoms with Gasteiger partial charge in [0, 0.05) is 44.8 Å². The molecule has 0 aliphatic carbocycles. The molecule has 2 rings (SSSR count). The summed E-state index contributed by atoms with van der Waals surface area (Å²) in [6.45, 7) is 2.89. The fourth-order valence-corrected chi connectivity index (χ4v) is 2.11. The summed E-state index contributed by atoms with van der Waals surface area (Å²) in [5.41, 5.74) is 1.78. The summed E-state index contributed by atoms with van der Waals surface area (Å²) in [5.74, 6) is 0.330. The highest BCUT2D eigenvalue weighted by Gasteiger charge is 2.07. The van der Waals surface area contributed by atoms with Crippen LogP contribution in [-0.2, 0) is 9.53 Å². The van der Waals surface area contributed by atoms with E-state index in [9.17, 15) is 9.59 Å². The number of methoxy groups -OCH3 is 1. The van der Waals surface area contributed by atoms with Crippen LogP contribution in [0.3, 0.4) is 0 Å². The normalized spacial score (nSPS) is 10.2. The third kappa shape index (κ3) is 6.23. The lowest BCUT2D eigenvalue weighted by molar-refractivity contribution is -0.114. The van der Waals surface area contributed by atoms with Crippen LogP contribution >= 0.6 is 0 Å². The Morgan fingerprint density at radius 3 is 2.28 bits per heavy atom. The van der Waals surface area contributed by atoms with E-state index in [1.165, 1.54) is 13.1 Å². The van der Waals surface area contributed by atoms with Crippen molar-refractivity contribution in [3.63, 3.8) is 0 Å². The molecule has 0 spiro atoms. The van der Waals surface area contributed by atoms with E-state index in [-0.39, 0.29) is 11.8 Å². The second-order valence-electron chi connectivity index (χ2n) is 5.42. The maximum absolute atomic E-state index is 12.2. The molecule has 0 radical (unpaired) electrons. The number of aromatic nitrogens is 1. The first-order valence-corrected chi connectivity index (χ1v) is 7.96. The van der Waals surface area contributed by atoms with Gasteiger partial charge in [-0.2, -0.15) is 0 Å². The minimum atomic E-state index is -0.245. The summed E-state index contributed by atoms with van der Waals surface area (Å²) in [7, 11) is 1.67. The van der Waals surface area contributed by atoms with Crippen LogP contribution in [0.2, 0.25) is 0 Å². The van der Waals surface area contributed by atoms with Gasteiger partial charge in [-0.1, -0.05) is 0 Å². The fourth-order valence-electron chi connectivity index (χ4n) is 2.11. The van der Waals surface area contributed by atoms with Crippen molar-refractivity contribution in [2.75, 3.05) is 36.2 Å². The van der Waals surface area contributed by atoms with Crippen LogP contribution in [0.1, 0.15) is 23.7 Å². The lowest BCUT2D eigenvalue weighted by Crippen LogP contribution is -2.13. The molecule has 132 valence electrons. The molecule has 0 fully saturated rings. The third-order valence-corrected chi connectivity index (χ3v) is 3.32. The number of carbonyl (C=O) groups excluding carboxylic acids is 2. The second-order valence-corrected chi connectivity index (χ2v) is 5.42. The average Bonchev–Trinajstić information content (AvgIpc) is 2.60. The largest absolute Gasteiger partial charge is 0.385 e. The molecule has 1 aromatic carbocycles. The zero-order valence-electron chi connectivity index (χ0n) is 14.3. The predicted molar refractivity (Wildman–Crippen MR) is 97.9 cm³/mol. The fraction of sp³-hybridized carbons (Fsp3) is 0.278. The molecule has 0 saturated heterocycles. The highest BCUT2D eigenvalue weighted by molar-refractivity contribution is 6.04. The van der Waals surface area contributed by atoms with Gasteiger partial charge < -0.3 is 20.7 Å². The zero-order chi connectivity index (χ0) is 18.1. The van der Waals surface area contributed by atoms with Crippen LogP contribution in [-0.4, -0.2) is 37.1 Å². The number of amides is 2. The molecule has 0 aliphatic heterocycles. The first-order chi connectivity index (χ1) is 12.1. The van der Waals surface area contributed by atoms with Crippen molar-refractivity contribution in [3.8, 4) is 0 Å².